The van der Waals surface area contributed by atoms with Gasteiger partial charge in [0.05, 0.1) is 19.4 Å². The molecule has 1 aromatic heterocycles. The molecule has 8 nitrogen and oxygen atoms in total. The number of ether oxygens (including phenoxy) is 2. The smallest absolute Gasteiger partial charge is 0.322 e. The third kappa shape index (κ3) is 4.58. The maximum absolute atomic E-state index is 12.6. The van der Waals surface area contributed by atoms with Crippen LogP contribution in [0.5, 0.6) is 11.6 Å². The van der Waals surface area contributed by atoms with Gasteiger partial charge >= 0.3 is 6.03 Å². The van der Waals surface area contributed by atoms with Crippen molar-refractivity contribution < 1.29 is 14.3 Å². The summed E-state index contributed by atoms with van der Waals surface area (Å²) in [5, 5.41) is 2.94. The van der Waals surface area contributed by atoms with Crippen molar-refractivity contribution in [1.82, 2.24) is 14.9 Å². The first-order chi connectivity index (χ1) is 13.1. The molecule has 144 valence electrons. The van der Waals surface area contributed by atoms with E-state index in [9.17, 15) is 4.79 Å². The summed E-state index contributed by atoms with van der Waals surface area (Å²) in [6.45, 7) is 6.91. The molecule has 1 N–H and O–H groups in total. The summed E-state index contributed by atoms with van der Waals surface area (Å²) in [4.78, 5) is 25.2. The van der Waals surface area contributed by atoms with E-state index in [1.54, 1.807) is 12.0 Å². The molecule has 0 spiro atoms. The maximum Gasteiger partial charge on any atom is 0.322 e. The Kier molecular flexibility index (Phi) is 5.95. The zero-order valence-electron chi connectivity index (χ0n) is 15.9. The number of hydrogen-bond donors (Lipinski definition) is 1. The van der Waals surface area contributed by atoms with Crippen molar-refractivity contribution in [2.45, 2.75) is 13.8 Å². The van der Waals surface area contributed by atoms with E-state index in [1.165, 1.54) is 0 Å². The number of anilines is 2. The molecule has 2 aromatic rings. The summed E-state index contributed by atoms with van der Waals surface area (Å²) in [7, 11) is 1.59. The molecule has 0 aliphatic carbocycles. The standard InChI is InChI=1S/C19H25N5O3/c1-4-27-16-8-6-5-7-15(16)22-19(25)24-11-9-23(10-12-24)17-13-18(26-3)21-14(2)20-17/h5-8,13H,4,9-12H2,1-3H3,(H,22,25). The van der Waals surface area contributed by atoms with Crippen LogP contribution in [-0.2, 0) is 0 Å². The SMILES string of the molecule is CCOc1ccccc1NC(=O)N1CCN(c2cc(OC)nc(C)n2)CC1. The van der Waals surface area contributed by atoms with Gasteiger partial charge in [0.2, 0.25) is 5.88 Å². The molecule has 8 heteroatoms. The van der Waals surface area contributed by atoms with Crippen LogP contribution in [0.2, 0.25) is 0 Å². The van der Waals surface area contributed by atoms with Gasteiger partial charge in [-0.25, -0.2) is 9.78 Å². The Morgan fingerprint density at radius 1 is 1.19 bits per heavy atom. The lowest BCUT2D eigenvalue weighted by molar-refractivity contribution is 0.208. The molecule has 0 atom stereocenters. The Labute approximate surface area is 159 Å². The number of para-hydroxylation sites is 2. The number of hydrogen-bond acceptors (Lipinski definition) is 6. The summed E-state index contributed by atoms with van der Waals surface area (Å²) in [6.07, 6.45) is 0. The van der Waals surface area contributed by atoms with Gasteiger partial charge in [0.1, 0.15) is 17.4 Å². The number of carbonyl (C=O) groups excluding carboxylic acids is 1. The number of nitrogens with zero attached hydrogens (tertiary/aromatic N) is 4. The van der Waals surface area contributed by atoms with Crippen LogP contribution in [0.15, 0.2) is 30.3 Å². The lowest BCUT2D eigenvalue weighted by Crippen LogP contribution is -2.50. The first-order valence-electron chi connectivity index (χ1n) is 9.03. The summed E-state index contributed by atoms with van der Waals surface area (Å²) >= 11 is 0. The van der Waals surface area contributed by atoms with E-state index in [0.717, 1.165) is 5.82 Å². The van der Waals surface area contributed by atoms with E-state index < -0.39 is 0 Å². The molecule has 27 heavy (non-hydrogen) atoms. The normalized spacial score (nSPS) is 14.0. The van der Waals surface area contributed by atoms with Crippen molar-refractivity contribution >= 4 is 17.5 Å². The Hall–Kier alpha value is -3.03. The summed E-state index contributed by atoms with van der Waals surface area (Å²) in [6, 6.07) is 9.15. The highest BCUT2D eigenvalue weighted by atomic mass is 16.5. The third-order valence-corrected chi connectivity index (χ3v) is 4.33. The number of aryl methyl sites for hydroxylation is 1. The van der Waals surface area contributed by atoms with Gasteiger partial charge in [-0.1, -0.05) is 12.1 Å². The van der Waals surface area contributed by atoms with Gasteiger partial charge in [0.15, 0.2) is 0 Å². The minimum Gasteiger partial charge on any atom is -0.492 e. The number of carbonyl (C=O) groups is 1. The lowest BCUT2D eigenvalue weighted by atomic mass is 10.3. The quantitative estimate of drug-likeness (QED) is 0.870. The Morgan fingerprint density at radius 2 is 1.93 bits per heavy atom. The van der Waals surface area contributed by atoms with Crippen LogP contribution in [-0.4, -0.2) is 60.8 Å². The maximum atomic E-state index is 12.6. The molecule has 1 saturated heterocycles. The van der Waals surface area contributed by atoms with Crippen LogP contribution < -0.4 is 19.7 Å². The molecule has 0 unspecified atom stereocenters. The zero-order valence-corrected chi connectivity index (χ0v) is 15.9. The third-order valence-electron chi connectivity index (χ3n) is 4.33. The minimum absolute atomic E-state index is 0.127. The second-order valence-electron chi connectivity index (χ2n) is 6.15. The minimum atomic E-state index is -0.127. The Balaban J connectivity index is 1.61. The van der Waals surface area contributed by atoms with Crippen molar-refractivity contribution in [2.24, 2.45) is 0 Å². The van der Waals surface area contributed by atoms with Crippen LogP contribution >= 0.6 is 0 Å². The van der Waals surface area contributed by atoms with Crippen LogP contribution in [0.25, 0.3) is 0 Å². The van der Waals surface area contributed by atoms with Crippen LogP contribution in [0.4, 0.5) is 16.3 Å². The summed E-state index contributed by atoms with van der Waals surface area (Å²) in [5.74, 6) is 2.71. The van der Waals surface area contributed by atoms with E-state index in [-0.39, 0.29) is 6.03 Å². The fourth-order valence-corrected chi connectivity index (χ4v) is 2.98. The Bertz CT molecular complexity index is 791. The number of amides is 2. The van der Waals surface area contributed by atoms with Crippen molar-refractivity contribution in [3.8, 4) is 11.6 Å². The summed E-state index contributed by atoms with van der Waals surface area (Å²) in [5.41, 5.74) is 0.683. The van der Waals surface area contributed by atoms with E-state index in [2.05, 4.69) is 20.2 Å². The molecule has 3 rings (SSSR count). The molecule has 0 saturated carbocycles. The zero-order chi connectivity index (χ0) is 19.2. The highest BCUT2D eigenvalue weighted by Crippen LogP contribution is 2.24. The van der Waals surface area contributed by atoms with Crippen molar-refractivity contribution in [3.63, 3.8) is 0 Å². The second kappa shape index (κ2) is 8.57. The van der Waals surface area contributed by atoms with E-state index in [0.29, 0.717) is 55.9 Å². The lowest BCUT2D eigenvalue weighted by Gasteiger charge is -2.35. The molecule has 1 fully saturated rings. The molecule has 1 aromatic carbocycles. The fraction of sp³-hybridized carbons (Fsp3) is 0.421. The topological polar surface area (TPSA) is 79.8 Å². The van der Waals surface area contributed by atoms with E-state index in [1.807, 2.05) is 44.2 Å². The Morgan fingerprint density at radius 3 is 2.63 bits per heavy atom. The molecule has 0 radical (unpaired) electrons. The van der Waals surface area contributed by atoms with Gasteiger partial charge in [0, 0.05) is 32.2 Å². The number of aromatic nitrogens is 2. The van der Waals surface area contributed by atoms with Gasteiger partial charge in [-0.15, -0.1) is 0 Å². The van der Waals surface area contributed by atoms with Crippen molar-refractivity contribution in [3.05, 3.63) is 36.2 Å². The number of piperazine rings is 1. The van der Waals surface area contributed by atoms with Gasteiger partial charge in [-0.2, -0.15) is 4.98 Å². The van der Waals surface area contributed by atoms with Gasteiger partial charge < -0.3 is 24.6 Å². The first kappa shape index (κ1) is 18.8. The average molecular weight is 371 g/mol. The van der Waals surface area contributed by atoms with Gasteiger partial charge in [0.25, 0.3) is 0 Å². The first-order valence-corrected chi connectivity index (χ1v) is 9.03. The summed E-state index contributed by atoms with van der Waals surface area (Å²) < 4.78 is 10.8. The largest absolute Gasteiger partial charge is 0.492 e. The predicted molar refractivity (Wildman–Crippen MR) is 104 cm³/mol. The predicted octanol–water partition coefficient (Wildman–Crippen LogP) is 2.55. The molecule has 0 bridgehead atoms. The number of urea groups is 1. The number of rotatable bonds is 5. The average Bonchev–Trinajstić information content (AvgIpc) is 2.69. The number of nitrogens with one attached hydrogen (secondary N) is 1. The van der Waals surface area contributed by atoms with Crippen molar-refractivity contribution in [1.29, 1.82) is 0 Å². The van der Waals surface area contributed by atoms with Gasteiger partial charge in [-0.05, 0) is 26.0 Å². The van der Waals surface area contributed by atoms with Crippen molar-refractivity contribution in [2.75, 3.05) is 50.1 Å². The monoisotopic (exact) mass is 371 g/mol. The van der Waals surface area contributed by atoms with E-state index in [4.69, 9.17) is 9.47 Å². The molecule has 1 aliphatic rings. The fourth-order valence-electron chi connectivity index (χ4n) is 2.98. The molecular weight excluding hydrogens is 346 g/mol. The number of methoxy groups -OCH3 is 1. The molecule has 1 aliphatic heterocycles. The number of benzene rings is 1. The van der Waals surface area contributed by atoms with Crippen LogP contribution in [0.1, 0.15) is 12.7 Å². The molecule has 2 amide bonds. The van der Waals surface area contributed by atoms with Crippen LogP contribution in [0.3, 0.4) is 0 Å². The van der Waals surface area contributed by atoms with E-state index >= 15 is 0 Å². The second-order valence-corrected chi connectivity index (χ2v) is 6.15. The highest BCUT2D eigenvalue weighted by Gasteiger charge is 2.23. The highest BCUT2D eigenvalue weighted by molar-refractivity contribution is 5.91. The molecular formula is C19H25N5O3. The van der Waals surface area contributed by atoms with Crippen LogP contribution in [0, 0.1) is 6.92 Å². The van der Waals surface area contributed by atoms with Gasteiger partial charge in [-0.3, -0.25) is 0 Å². The molecule has 2 heterocycles.